The molecular formula is C19H16BCl3NO2-. The van der Waals surface area contributed by atoms with Gasteiger partial charge in [0.2, 0.25) is 3.79 Å². The monoisotopic (exact) mass is 406 g/mol. The number of allylic oxidation sites excluding steroid dienone is 2. The van der Waals surface area contributed by atoms with Gasteiger partial charge in [0.15, 0.2) is 5.78 Å². The molecule has 0 fully saturated rings. The van der Waals surface area contributed by atoms with Gasteiger partial charge in [-0.25, -0.2) is 0 Å². The summed E-state index contributed by atoms with van der Waals surface area (Å²) in [6, 6.07) is 19.1. The van der Waals surface area contributed by atoms with Crippen molar-refractivity contribution in [1.29, 1.82) is 0 Å². The number of alkyl halides is 3. The molecule has 3 rings (SSSR count). The van der Waals surface area contributed by atoms with E-state index in [0.29, 0.717) is 5.76 Å². The minimum atomic E-state index is -2.10. The van der Waals surface area contributed by atoms with Gasteiger partial charge in [-0.2, -0.15) is 0 Å². The number of hydrogen-bond acceptors (Lipinski definition) is 3. The summed E-state index contributed by atoms with van der Waals surface area (Å²) < 4.78 is 4.44. The Labute approximate surface area is 167 Å². The summed E-state index contributed by atoms with van der Waals surface area (Å²) in [5, 5.41) is 0. The Bertz CT molecular complexity index is 851. The first kappa shape index (κ1) is 19.0. The number of carbonyl (C=O) groups excluding carboxylic acids is 1. The number of rotatable bonds is 3. The third-order valence-corrected chi connectivity index (χ3v) is 4.91. The largest absolute Gasteiger partial charge is 0.692 e. The van der Waals surface area contributed by atoms with E-state index in [9.17, 15) is 4.79 Å². The van der Waals surface area contributed by atoms with E-state index in [0.717, 1.165) is 10.9 Å². The molecule has 0 saturated heterocycles. The molecule has 0 spiro atoms. The second-order valence-corrected chi connectivity index (χ2v) is 8.43. The van der Waals surface area contributed by atoms with Gasteiger partial charge in [-0.1, -0.05) is 95.5 Å². The zero-order valence-corrected chi connectivity index (χ0v) is 16.5. The van der Waals surface area contributed by atoms with Gasteiger partial charge >= 0.3 is 6.48 Å². The molecule has 7 heteroatoms. The van der Waals surface area contributed by atoms with Gasteiger partial charge < -0.3 is 9.56 Å². The summed E-state index contributed by atoms with van der Waals surface area (Å²) in [6.07, 6.45) is 0. The fourth-order valence-electron chi connectivity index (χ4n) is 3.29. The Morgan fingerprint density at radius 3 is 1.81 bits per heavy atom. The van der Waals surface area contributed by atoms with Crippen molar-refractivity contribution in [1.82, 2.24) is 0 Å². The molecule has 0 N–H and O–H groups in total. The van der Waals surface area contributed by atoms with Crippen molar-refractivity contribution in [2.75, 3.05) is 0 Å². The molecule has 2 aromatic rings. The van der Waals surface area contributed by atoms with Gasteiger partial charge in [0, 0.05) is 0 Å². The van der Waals surface area contributed by atoms with Gasteiger partial charge in [0.1, 0.15) is 0 Å². The maximum absolute atomic E-state index is 12.2. The molecule has 134 valence electrons. The SMILES string of the molecule is CC(=O)C1=C(C)O[B-](c2ccccc2)(c2ccccc2)N=C1C(Cl)(Cl)Cl. The molecule has 0 saturated carbocycles. The van der Waals surface area contributed by atoms with E-state index in [1.54, 1.807) is 6.92 Å². The highest BCUT2D eigenvalue weighted by Gasteiger charge is 2.42. The number of nitrogens with zero attached hydrogens (tertiary/aromatic N) is 1. The highest BCUT2D eigenvalue weighted by molar-refractivity contribution is 6.98. The van der Waals surface area contributed by atoms with Crippen LogP contribution in [-0.4, -0.2) is 21.8 Å². The van der Waals surface area contributed by atoms with Crippen molar-refractivity contribution in [3.05, 3.63) is 72.0 Å². The maximum Gasteiger partial charge on any atom is 0.335 e. The summed E-state index contributed by atoms with van der Waals surface area (Å²) >= 11 is 18.6. The molecule has 26 heavy (non-hydrogen) atoms. The van der Waals surface area contributed by atoms with Crippen molar-refractivity contribution in [2.45, 2.75) is 17.6 Å². The molecule has 0 atom stereocenters. The molecule has 1 aliphatic rings. The van der Waals surface area contributed by atoms with Gasteiger partial charge in [-0.15, -0.1) is 10.9 Å². The lowest BCUT2D eigenvalue weighted by atomic mass is 9.42. The van der Waals surface area contributed by atoms with E-state index < -0.39 is 10.3 Å². The van der Waals surface area contributed by atoms with Crippen molar-refractivity contribution < 1.29 is 9.45 Å². The molecule has 0 amide bonds. The van der Waals surface area contributed by atoms with E-state index in [2.05, 4.69) is 0 Å². The maximum atomic E-state index is 12.2. The number of hydrogen-bond donors (Lipinski definition) is 0. The summed E-state index contributed by atoms with van der Waals surface area (Å²) in [4.78, 5) is 16.9. The van der Waals surface area contributed by atoms with Crippen LogP contribution in [0.15, 0.2) is 76.9 Å². The van der Waals surface area contributed by atoms with E-state index in [1.807, 2.05) is 60.7 Å². The lowest BCUT2D eigenvalue weighted by Crippen LogP contribution is -2.62. The summed E-state index contributed by atoms with van der Waals surface area (Å²) in [5.74, 6) is 0.125. The third-order valence-electron chi connectivity index (χ3n) is 4.37. The zero-order chi connectivity index (χ0) is 18.9. The van der Waals surface area contributed by atoms with Crippen LogP contribution in [0.1, 0.15) is 13.8 Å². The normalized spacial score (nSPS) is 16.7. The summed E-state index contributed by atoms with van der Waals surface area (Å²) in [7, 11) is 0. The van der Waals surface area contributed by atoms with Crippen LogP contribution < -0.4 is 10.9 Å². The number of benzene rings is 2. The molecule has 1 aliphatic heterocycles. The predicted octanol–water partition coefficient (Wildman–Crippen LogP) is 3.95. The van der Waals surface area contributed by atoms with Gasteiger partial charge in [0.05, 0.1) is 17.0 Å². The van der Waals surface area contributed by atoms with Crippen LogP contribution in [0.3, 0.4) is 0 Å². The fourth-order valence-corrected chi connectivity index (χ4v) is 3.72. The second kappa shape index (κ2) is 7.11. The van der Waals surface area contributed by atoms with Crippen LogP contribution >= 0.6 is 34.8 Å². The van der Waals surface area contributed by atoms with Gasteiger partial charge in [-0.3, -0.25) is 4.79 Å². The van der Waals surface area contributed by atoms with Crippen LogP contribution in [0.2, 0.25) is 0 Å². The van der Waals surface area contributed by atoms with E-state index in [-0.39, 0.29) is 17.1 Å². The first-order valence-electron chi connectivity index (χ1n) is 8.09. The molecular weight excluding hydrogens is 391 g/mol. The summed E-state index contributed by atoms with van der Waals surface area (Å²) in [5.41, 5.74) is 1.96. The number of Topliss-reactive ketones (excluding diaryl/α,β-unsaturated/α-hetero) is 1. The lowest BCUT2D eigenvalue weighted by molar-refractivity contribution is -0.113. The Morgan fingerprint density at radius 2 is 1.42 bits per heavy atom. The summed E-state index contributed by atoms with van der Waals surface area (Å²) in [6.45, 7) is 1.01. The Hall–Kier alpha value is -1.75. The van der Waals surface area contributed by atoms with Crippen molar-refractivity contribution in [3.63, 3.8) is 0 Å². The van der Waals surface area contributed by atoms with Crippen LogP contribution in [0, 0.1) is 0 Å². The Morgan fingerprint density at radius 1 is 0.962 bits per heavy atom. The van der Waals surface area contributed by atoms with Crippen molar-refractivity contribution in [3.8, 4) is 0 Å². The minimum absolute atomic E-state index is 0.103. The molecule has 0 aliphatic carbocycles. The molecule has 0 unspecified atom stereocenters. The average Bonchev–Trinajstić information content (AvgIpc) is 2.61. The average molecular weight is 408 g/mol. The van der Waals surface area contributed by atoms with Crippen LogP contribution in [0.4, 0.5) is 0 Å². The number of carbonyl (C=O) groups is 1. The molecule has 0 radical (unpaired) electrons. The number of ketones is 1. The quantitative estimate of drug-likeness (QED) is 0.571. The second-order valence-electron chi connectivity index (χ2n) is 6.15. The van der Waals surface area contributed by atoms with E-state index in [1.165, 1.54) is 6.92 Å². The lowest BCUT2D eigenvalue weighted by Gasteiger charge is -2.45. The first-order valence-corrected chi connectivity index (χ1v) is 9.23. The standard InChI is InChI=1S/C19H16BCl3NO2/c1-13(25)17-14(2)26-20(15-9-5-3-6-10-15,16-11-7-4-8-12-16)24-18(17)19(21,22)23/h3-12H,1-2H3/q-1. The predicted molar refractivity (Wildman–Crippen MR) is 110 cm³/mol. The third kappa shape index (κ3) is 3.42. The van der Waals surface area contributed by atoms with Crippen molar-refractivity contribution >= 4 is 63.7 Å². The molecule has 0 aromatic heterocycles. The fraction of sp³-hybridized carbons (Fsp3) is 0.158. The van der Waals surface area contributed by atoms with Gasteiger partial charge in [0.25, 0.3) is 0 Å². The topological polar surface area (TPSA) is 38.7 Å². The molecule has 2 aromatic carbocycles. The Balaban J connectivity index is 2.34. The van der Waals surface area contributed by atoms with E-state index >= 15 is 0 Å². The number of halogens is 3. The smallest absolute Gasteiger partial charge is 0.335 e. The van der Waals surface area contributed by atoms with E-state index in [4.69, 9.17) is 44.4 Å². The molecule has 1 heterocycles. The van der Waals surface area contributed by atoms with Crippen LogP contribution in [0.5, 0.6) is 0 Å². The zero-order valence-electron chi connectivity index (χ0n) is 14.2. The highest BCUT2D eigenvalue weighted by atomic mass is 35.6. The van der Waals surface area contributed by atoms with Crippen LogP contribution in [-0.2, 0) is 9.45 Å². The molecule has 0 bridgehead atoms. The van der Waals surface area contributed by atoms with Crippen molar-refractivity contribution in [2.24, 2.45) is 4.90 Å². The van der Waals surface area contributed by atoms with Gasteiger partial charge in [-0.05, 0) is 13.8 Å². The first-order chi connectivity index (χ1) is 12.3. The Kier molecular flexibility index (Phi) is 5.20. The molecule has 3 nitrogen and oxygen atoms in total. The minimum Gasteiger partial charge on any atom is -0.692 e. The highest BCUT2D eigenvalue weighted by Crippen LogP contribution is 2.37. The van der Waals surface area contributed by atoms with Crippen LogP contribution in [0.25, 0.3) is 0 Å².